The summed E-state index contributed by atoms with van der Waals surface area (Å²) in [5, 5.41) is 3.95. The van der Waals surface area contributed by atoms with E-state index in [1.807, 2.05) is 0 Å². The van der Waals surface area contributed by atoms with E-state index in [4.69, 9.17) is 20.9 Å². The van der Waals surface area contributed by atoms with Crippen molar-refractivity contribution in [2.24, 2.45) is 0 Å². The van der Waals surface area contributed by atoms with Gasteiger partial charge in [0.15, 0.2) is 0 Å². The molecular weight excluding hydrogens is 390 g/mol. The van der Waals surface area contributed by atoms with Crippen molar-refractivity contribution in [3.8, 4) is 17.0 Å². The van der Waals surface area contributed by atoms with Gasteiger partial charge in [-0.1, -0.05) is 28.9 Å². The molecule has 0 saturated carbocycles. The lowest BCUT2D eigenvalue weighted by Crippen LogP contribution is -2.31. The number of aryl methyl sites for hydroxylation is 1. The summed E-state index contributed by atoms with van der Waals surface area (Å²) in [4.78, 5) is 14.3. The Morgan fingerprint density at radius 1 is 1.25 bits per heavy atom. The van der Waals surface area contributed by atoms with Gasteiger partial charge in [-0.3, -0.25) is 4.79 Å². The molecule has 0 aliphatic rings. The highest BCUT2D eigenvalue weighted by Crippen LogP contribution is 2.33. The van der Waals surface area contributed by atoms with Crippen LogP contribution in [0.4, 0.5) is 8.78 Å². The molecule has 0 aliphatic carbocycles. The standard InChI is InChI=1S/C20H17ClF2N2O3/c1-12-17(19(24-28-12)18-15(21)7-4-8-16(18)23)20(26)25(2)9-10-27-14-6-3-5-13(22)11-14/h3-8,11H,9-10H2,1-2H3. The van der Waals surface area contributed by atoms with Crippen molar-refractivity contribution < 1.29 is 22.8 Å². The predicted molar refractivity (Wildman–Crippen MR) is 100 cm³/mol. The molecule has 1 aromatic heterocycles. The third-order valence-electron chi connectivity index (χ3n) is 4.11. The van der Waals surface area contributed by atoms with Crippen molar-refractivity contribution in [3.05, 3.63) is 70.4 Å². The molecule has 8 heteroatoms. The average Bonchev–Trinajstić information content (AvgIpc) is 3.02. The highest BCUT2D eigenvalue weighted by molar-refractivity contribution is 6.33. The minimum atomic E-state index is -0.605. The zero-order valence-corrected chi connectivity index (χ0v) is 16.0. The molecule has 2 aromatic carbocycles. The van der Waals surface area contributed by atoms with Crippen LogP contribution in [0.3, 0.4) is 0 Å². The van der Waals surface area contributed by atoms with Crippen molar-refractivity contribution in [2.75, 3.05) is 20.2 Å². The molecule has 0 bridgehead atoms. The molecule has 1 heterocycles. The summed E-state index contributed by atoms with van der Waals surface area (Å²) in [5.74, 6) is -0.825. The van der Waals surface area contributed by atoms with Crippen molar-refractivity contribution in [1.82, 2.24) is 10.1 Å². The van der Waals surface area contributed by atoms with Gasteiger partial charge in [-0.15, -0.1) is 0 Å². The van der Waals surface area contributed by atoms with Crippen LogP contribution in [0.15, 0.2) is 47.0 Å². The molecule has 5 nitrogen and oxygen atoms in total. The fourth-order valence-corrected chi connectivity index (χ4v) is 2.92. The first-order valence-corrected chi connectivity index (χ1v) is 8.80. The molecule has 0 aliphatic heterocycles. The Labute approximate surface area is 165 Å². The van der Waals surface area contributed by atoms with Crippen molar-refractivity contribution >= 4 is 17.5 Å². The molecule has 28 heavy (non-hydrogen) atoms. The second-order valence-electron chi connectivity index (χ2n) is 6.09. The molecule has 146 valence electrons. The molecule has 0 unspecified atom stereocenters. The van der Waals surface area contributed by atoms with Crippen LogP contribution < -0.4 is 4.74 Å². The maximum absolute atomic E-state index is 14.3. The van der Waals surface area contributed by atoms with E-state index in [9.17, 15) is 13.6 Å². The lowest BCUT2D eigenvalue weighted by molar-refractivity contribution is 0.0772. The summed E-state index contributed by atoms with van der Waals surface area (Å²) >= 11 is 6.10. The number of halogens is 3. The van der Waals surface area contributed by atoms with Gasteiger partial charge in [-0.05, 0) is 31.2 Å². The summed E-state index contributed by atoms with van der Waals surface area (Å²) in [7, 11) is 1.57. The molecule has 0 N–H and O–H groups in total. The fraction of sp³-hybridized carbons (Fsp3) is 0.200. The Morgan fingerprint density at radius 2 is 2.00 bits per heavy atom. The van der Waals surface area contributed by atoms with Gasteiger partial charge >= 0.3 is 0 Å². The van der Waals surface area contributed by atoms with Gasteiger partial charge in [0.25, 0.3) is 5.91 Å². The largest absolute Gasteiger partial charge is 0.492 e. The number of aromatic nitrogens is 1. The van der Waals surface area contributed by atoms with Gasteiger partial charge in [0.2, 0.25) is 0 Å². The van der Waals surface area contributed by atoms with E-state index < -0.39 is 17.5 Å². The predicted octanol–water partition coefficient (Wildman–Crippen LogP) is 4.73. The first-order chi connectivity index (χ1) is 13.4. The smallest absolute Gasteiger partial charge is 0.259 e. The number of carbonyl (C=O) groups excluding carboxylic acids is 1. The van der Waals surface area contributed by atoms with E-state index in [0.717, 1.165) is 0 Å². The average molecular weight is 407 g/mol. The number of carbonyl (C=O) groups is 1. The topological polar surface area (TPSA) is 55.6 Å². The highest BCUT2D eigenvalue weighted by atomic mass is 35.5. The van der Waals surface area contributed by atoms with Gasteiger partial charge in [0, 0.05) is 13.1 Å². The zero-order chi connectivity index (χ0) is 20.3. The van der Waals surface area contributed by atoms with Gasteiger partial charge in [0.05, 0.1) is 17.1 Å². The van der Waals surface area contributed by atoms with Crippen LogP contribution >= 0.6 is 11.6 Å². The Balaban J connectivity index is 1.76. The third kappa shape index (κ3) is 4.14. The fourth-order valence-electron chi connectivity index (χ4n) is 2.67. The number of hydrogen-bond donors (Lipinski definition) is 0. The lowest BCUT2D eigenvalue weighted by Gasteiger charge is -2.18. The molecule has 1 amide bonds. The molecular formula is C20H17ClF2N2O3. The van der Waals surface area contributed by atoms with E-state index >= 15 is 0 Å². The highest BCUT2D eigenvalue weighted by Gasteiger charge is 2.27. The van der Waals surface area contributed by atoms with E-state index in [0.29, 0.717) is 5.75 Å². The Hall–Kier alpha value is -2.93. The maximum Gasteiger partial charge on any atom is 0.259 e. The number of amides is 1. The SMILES string of the molecule is Cc1onc(-c2c(F)cccc2Cl)c1C(=O)N(C)CCOc1cccc(F)c1. The van der Waals surface area contributed by atoms with E-state index in [1.165, 1.54) is 41.3 Å². The number of ether oxygens (including phenoxy) is 1. The Kier molecular flexibility index (Phi) is 5.94. The molecule has 3 aromatic rings. The van der Waals surface area contributed by atoms with Crippen LogP contribution in [0.25, 0.3) is 11.3 Å². The number of rotatable bonds is 6. The third-order valence-corrected chi connectivity index (χ3v) is 4.43. The summed E-state index contributed by atoms with van der Waals surface area (Å²) in [6.45, 7) is 1.92. The first kappa shape index (κ1) is 19.8. The molecule has 0 saturated heterocycles. The molecule has 0 atom stereocenters. The van der Waals surface area contributed by atoms with Crippen LogP contribution in [0.1, 0.15) is 16.1 Å². The second kappa shape index (κ2) is 8.39. The van der Waals surface area contributed by atoms with Gasteiger partial charge in [-0.2, -0.15) is 0 Å². The zero-order valence-electron chi connectivity index (χ0n) is 15.2. The minimum Gasteiger partial charge on any atom is -0.492 e. The van der Waals surface area contributed by atoms with Gasteiger partial charge in [-0.25, -0.2) is 8.78 Å². The van der Waals surface area contributed by atoms with Gasteiger partial charge < -0.3 is 14.2 Å². The molecule has 0 fully saturated rings. The first-order valence-electron chi connectivity index (χ1n) is 8.43. The second-order valence-corrected chi connectivity index (χ2v) is 6.50. The number of likely N-dealkylation sites (N-methyl/N-ethyl adjacent to an activating group) is 1. The van der Waals surface area contributed by atoms with Crippen LogP contribution in [-0.2, 0) is 0 Å². The van der Waals surface area contributed by atoms with Gasteiger partial charge in [0.1, 0.15) is 41.0 Å². The number of hydrogen-bond acceptors (Lipinski definition) is 4. The molecule has 3 rings (SSSR count). The van der Waals surface area contributed by atoms with Crippen LogP contribution in [-0.4, -0.2) is 36.2 Å². The minimum absolute atomic E-state index is 0.00813. The summed E-state index contributed by atoms with van der Waals surface area (Å²) in [6.07, 6.45) is 0. The van der Waals surface area contributed by atoms with Crippen LogP contribution in [0.5, 0.6) is 5.75 Å². The molecule has 0 radical (unpaired) electrons. The molecule has 0 spiro atoms. The van der Waals surface area contributed by atoms with Crippen LogP contribution in [0.2, 0.25) is 5.02 Å². The van der Waals surface area contributed by atoms with Crippen LogP contribution in [0, 0.1) is 18.6 Å². The van der Waals surface area contributed by atoms with E-state index in [-0.39, 0.29) is 40.8 Å². The quantitative estimate of drug-likeness (QED) is 0.593. The van der Waals surface area contributed by atoms with Crippen molar-refractivity contribution in [3.63, 3.8) is 0 Å². The summed E-state index contributed by atoms with van der Waals surface area (Å²) < 4.78 is 38.0. The number of benzene rings is 2. The van der Waals surface area contributed by atoms with Crippen molar-refractivity contribution in [1.29, 1.82) is 0 Å². The monoisotopic (exact) mass is 406 g/mol. The van der Waals surface area contributed by atoms with Crippen molar-refractivity contribution in [2.45, 2.75) is 6.92 Å². The Morgan fingerprint density at radius 3 is 2.71 bits per heavy atom. The summed E-state index contributed by atoms with van der Waals surface area (Å²) in [5.41, 5.74) is 0.178. The summed E-state index contributed by atoms with van der Waals surface area (Å²) in [6, 6.07) is 9.92. The Bertz CT molecular complexity index is 987. The number of nitrogens with zero attached hydrogens (tertiary/aromatic N) is 2. The maximum atomic E-state index is 14.3. The lowest BCUT2D eigenvalue weighted by atomic mass is 10.0. The van der Waals surface area contributed by atoms with E-state index in [1.54, 1.807) is 20.0 Å². The van der Waals surface area contributed by atoms with E-state index in [2.05, 4.69) is 5.16 Å². The normalized spacial score (nSPS) is 10.8.